The summed E-state index contributed by atoms with van der Waals surface area (Å²) in [4.78, 5) is 27.5. The third-order valence-corrected chi connectivity index (χ3v) is 5.66. The Hall–Kier alpha value is -3.13. The largest absolute Gasteiger partial charge is 0.338 e. The Balaban J connectivity index is 1.54. The van der Waals surface area contributed by atoms with Gasteiger partial charge < -0.3 is 10.2 Å². The number of para-hydroxylation sites is 1. The van der Waals surface area contributed by atoms with Gasteiger partial charge in [0.2, 0.25) is 11.8 Å². The fourth-order valence-electron chi connectivity index (χ4n) is 3.93. The van der Waals surface area contributed by atoms with E-state index in [0.29, 0.717) is 37.2 Å². The standard InChI is InChI=1S/C24H27N3O2/c1-2-27(17-18-8-4-3-5-9-18)24(29)20-14-12-19(13-15-20)23(28)26-22-11-7-6-10-21(22)16-25/h3-11,19-20H,2,12-15,17H2,1H3,(H,26,28). The molecule has 150 valence electrons. The van der Waals surface area contributed by atoms with Crippen LogP contribution in [0.4, 0.5) is 5.69 Å². The summed E-state index contributed by atoms with van der Waals surface area (Å²) in [6.45, 7) is 3.31. The van der Waals surface area contributed by atoms with Crippen molar-refractivity contribution in [1.82, 2.24) is 4.90 Å². The van der Waals surface area contributed by atoms with E-state index in [-0.39, 0.29) is 23.7 Å². The average molecular weight is 389 g/mol. The van der Waals surface area contributed by atoms with Crippen LogP contribution < -0.4 is 5.32 Å². The van der Waals surface area contributed by atoms with Gasteiger partial charge in [-0.15, -0.1) is 0 Å². The molecular weight excluding hydrogens is 362 g/mol. The second kappa shape index (κ2) is 9.88. The number of nitriles is 1. The fourth-order valence-corrected chi connectivity index (χ4v) is 3.93. The van der Waals surface area contributed by atoms with E-state index in [1.54, 1.807) is 24.3 Å². The molecule has 1 fully saturated rings. The molecule has 1 N–H and O–H groups in total. The molecule has 5 nitrogen and oxygen atoms in total. The zero-order chi connectivity index (χ0) is 20.6. The van der Waals surface area contributed by atoms with Crippen molar-refractivity contribution in [2.75, 3.05) is 11.9 Å². The summed E-state index contributed by atoms with van der Waals surface area (Å²) in [5.41, 5.74) is 2.15. The van der Waals surface area contributed by atoms with Crippen LogP contribution >= 0.6 is 0 Å². The lowest BCUT2D eigenvalue weighted by molar-refractivity contribution is -0.138. The minimum Gasteiger partial charge on any atom is -0.338 e. The average Bonchev–Trinajstić information content (AvgIpc) is 2.78. The summed E-state index contributed by atoms with van der Waals surface area (Å²) >= 11 is 0. The van der Waals surface area contributed by atoms with Gasteiger partial charge >= 0.3 is 0 Å². The quantitative estimate of drug-likeness (QED) is 0.798. The Bertz CT molecular complexity index is 880. The van der Waals surface area contributed by atoms with Crippen molar-refractivity contribution in [1.29, 1.82) is 5.26 Å². The molecule has 2 aromatic carbocycles. The van der Waals surface area contributed by atoms with Crippen LogP contribution in [0.25, 0.3) is 0 Å². The third-order valence-electron chi connectivity index (χ3n) is 5.66. The maximum atomic E-state index is 13.0. The second-order valence-corrected chi connectivity index (χ2v) is 7.53. The Morgan fingerprint density at radius 3 is 2.28 bits per heavy atom. The van der Waals surface area contributed by atoms with Crippen molar-refractivity contribution in [2.45, 2.75) is 39.2 Å². The minimum atomic E-state index is -0.116. The summed E-state index contributed by atoms with van der Waals surface area (Å²) in [7, 11) is 0. The first-order valence-electron chi connectivity index (χ1n) is 10.2. The normalized spacial score (nSPS) is 18.5. The molecule has 1 aliphatic carbocycles. The van der Waals surface area contributed by atoms with Gasteiger partial charge in [0.05, 0.1) is 11.3 Å². The van der Waals surface area contributed by atoms with E-state index in [4.69, 9.17) is 0 Å². The highest BCUT2D eigenvalue weighted by molar-refractivity contribution is 5.94. The number of anilines is 1. The van der Waals surface area contributed by atoms with Crippen LogP contribution in [-0.2, 0) is 16.1 Å². The van der Waals surface area contributed by atoms with Gasteiger partial charge in [0.15, 0.2) is 0 Å². The third kappa shape index (κ3) is 5.23. The first kappa shape index (κ1) is 20.6. The van der Waals surface area contributed by atoms with Crippen molar-refractivity contribution in [2.24, 2.45) is 11.8 Å². The predicted octanol–water partition coefficient (Wildman–Crippen LogP) is 4.35. The molecule has 0 radical (unpaired) electrons. The van der Waals surface area contributed by atoms with Gasteiger partial charge in [0, 0.05) is 24.9 Å². The predicted molar refractivity (Wildman–Crippen MR) is 113 cm³/mol. The number of carbonyl (C=O) groups excluding carboxylic acids is 2. The molecule has 2 aromatic rings. The first-order chi connectivity index (χ1) is 14.1. The number of carbonyl (C=O) groups is 2. The Kier molecular flexibility index (Phi) is 7.02. The van der Waals surface area contributed by atoms with Crippen LogP contribution in [0.15, 0.2) is 54.6 Å². The highest BCUT2D eigenvalue weighted by Crippen LogP contribution is 2.31. The van der Waals surface area contributed by atoms with Gasteiger partial charge in [-0.2, -0.15) is 5.26 Å². The molecule has 0 aromatic heterocycles. The zero-order valence-corrected chi connectivity index (χ0v) is 16.8. The molecular formula is C24H27N3O2. The molecule has 5 heteroatoms. The lowest BCUT2D eigenvalue weighted by atomic mass is 9.80. The molecule has 0 unspecified atom stereocenters. The number of benzene rings is 2. The topological polar surface area (TPSA) is 73.2 Å². The Labute approximate surface area is 172 Å². The van der Waals surface area contributed by atoms with E-state index in [1.807, 2.05) is 42.2 Å². The minimum absolute atomic E-state index is 0.0193. The number of amides is 2. The van der Waals surface area contributed by atoms with E-state index < -0.39 is 0 Å². The van der Waals surface area contributed by atoms with Crippen molar-refractivity contribution in [3.8, 4) is 6.07 Å². The number of nitrogens with zero attached hydrogens (tertiary/aromatic N) is 2. The smallest absolute Gasteiger partial charge is 0.227 e. The number of hydrogen-bond acceptors (Lipinski definition) is 3. The van der Waals surface area contributed by atoms with E-state index >= 15 is 0 Å². The molecule has 0 heterocycles. The van der Waals surface area contributed by atoms with Crippen LogP contribution in [0, 0.1) is 23.2 Å². The van der Waals surface area contributed by atoms with Crippen LogP contribution in [0.5, 0.6) is 0 Å². The van der Waals surface area contributed by atoms with Crippen molar-refractivity contribution >= 4 is 17.5 Å². The van der Waals surface area contributed by atoms with Gasteiger partial charge in [-0.05, 0) is 50.3 Å². The van der Waals surface area contributed by atoms with Crippen LogP contribution in [0.1, 0.15) is 43.7 Å². The molecule has 2 amide bonds. The molecule has 1 aliphatic rings. The van der Waals surface area contributed by atoms with Gasteiger partial charge in [-0.3, -0.25) is 9.59 Å². The molecule has 0 atom stereocenters. The Morgan fingerprint density at radius 1 is 1.00 bits per heavy atom. The molecule has 0 spiro atoms. The summed E-state index contributed by atoms with van der Waals surface area (Å²) in [5.74, 6) is -0.00984. The maximum absolute atomic E-state index is 13.0. The lowest BCUT2D eigenvalue weighted by Crippen LogP contribution is -2.38. The summed E-state index contributed by atoms with van der Waals surface area (Å²) in [5, 5.41) is 12.1. The summed E-state index contributed by atoms with van der Waals surface area (Å²) in [6.07, 6.45) is 2.84. The summed E-state index contributed by atoms with van der Waals surface area (Å²) in [6, 6.07) is 19.1. The summed E-state index contributed by atoms with van der Waals surface area (Å²) < 4.78 is 0. The lowest BCUT2D eigenvalue weighted by Gasteiger charge is -2.31. The van der Waals surface area contributed by atoms with Gasteiger partial charge in [-0.25, -0.2) is 0 Å². The molecule has 3 rings (SSSR count). The number of hydrogen-bond donors (Lipinski definition) is 1. The maximum Gasteiger partial charge on any atom is 0.227 e. The van der Waals surface area contributed by atoms with Crippen LogP contribution in [0.3, 0.4) is 0 Å². The van der Waals surface area contributed by atoms with Gasteiger partial charge in [-0.1, -0.05) is 42.5 Å². The van der Waals surface area contributed by atoms with E-state index in [2.05, 4.69) is 11.4 Å². The molecule has 29 heavy (non-hydrogen) atoms. The van der Waals surface area contributed by atoms with E-state index in [0.717, 1.165) is 18.4 Å². The van der Waals surface area contributed by atoms with Gasteiger partial charge in [0.1, 0.15) is 6.07 Å². The molecule has 0 saturated heterocycles. The van der Waals surface area contributed by atoms with Crippen molar-refractivity contribution in [3.05, 3.63) is 65.7 Å². The zero-order valence-electron chi connectivity index (χ0n) is 16.8. The molecule has 0 aliphatic heterocycles. The van der Waals surface area contributed by atoms with Crippen molar-refractivity contribution in [3.63, 3.8) is 0 Å². The molecule has 1 saturated carbocycles. The van der Waals surface area contributed by atoms with Crippen LogP contribution in [0.2, 0.25) is 0 Å². The van der Waals surface area contributed by atoms with Crippen molar-refractivity contribution < 1.29 is 9.59 Å². The number of rotatable bonds is 6. The fraction of sp³-hybridized carbons (Fsp3) is 0.375. The molecule has 0 bridgehead atoms. The highest BCUT2D eigenvalue weighted by atomic mass is 16.2. The monoisotopic (exact) mass is 389 g/mol. The van der Waals surface area contributed by atoms with Crippen LogP contribution in [-0.4, -0.2) is 23.3 Å². The highest BCUT2D eigenvalue weighted by Gasteiger charge is 2.32. The van der Waals surface area contributed by atoms with E-state index in [9.17, 15) is 14.9 Å². The SMILES string of the molecule is CCN(Cc1ccccc1)C(=O)C1CCC(C(=O)Nc2ccccc2C#N)CC1. The Morgan fingerprint density at radius 2 is 1.62 bits per heavy atom. The second-order valence-electron chi connectivity index (χ2n) is 7.53. The van der Waals surface area contributed by atoms with Gasteiger partial charge in [0.25, 0.3) is 0 Å². The van der Waals surface area contributed by atoms with E-state index in [1.165, 1.54) is 0 Å². The first-order valence-corrected chi connectivity index (χ1v) is 10.2. The number of nitrogens with one attached hydrogen (secondary N) is 1.